The van der Waals surface area contributed by atoms with Crippen LogP contribution in [-0.4, -0.2) is 20.6 Å². The Labute approximate surface area is 146 Å². The van der Waals surface area contributed by atoms with Gasteiger partial charge in [0.2, 0.25) is 0 Å². The molecule has 4 rings (SSSR count). The average molecular weight is 357 g/mol. The van der Waals surface area contributed by atoms with Gasteiger partial charge in [0.05, 0.1) is 29.7 Å². The molecular weight excluding hydrogens is 345 g/mol. The molecule has 0 bridgehead atoms. The minimum absolute atomic E-state index is 0.0943. The second kappa shape index (κ2) is 5.59. The Bertz CT molecular complexity index is 1210. The van der Waals surface area contributed by atoms with Gasteiger partial charge in [0.1, 0.15) is 0 Å². The first kappa shape index (κ1) is 14.9. The van der Waals surface area contributed by atoms with E-state index in [-0.39, 0.29) is 17.3 Å². The lowest BCUT2D eigenvalue weighted by Gasteiger charge is -2.10. The van der Waals surface area contributed by atoms with Crippen molar-refractivity contribution in [3.63, 3.8) is 0 Å². The molecule has 0 aliphatic carbocycles. The fourth-order valence-electron chi connectivity index (χ4n) is 2.99. The Kier molecular flexibility index (Phi) is 3.21. The quantitative estimate of drug-likeness (QED) is 0.555. The number of aromatic nitrogens is 2. The highest BCUT2D eigenvalue weighted by atomic mass is 19.4. The molecular formula is C19H11F3N2O2. The Balaban J connectivity index is 2.05. The van der Waals surface area contributed by atoms with E-state index in [2.05, 4.69) is 4.98 Å². The molecule has 0 aliphatic heterocycles. The van der Waals surface area contributed by atoms with E-state index in [1.54, 1.807) is 22.9 Å². The molecule has 130 valence electrons. The van der Waals surface area contributed by atoms with Crippen LogP contribution in [0.2, 0.25) is 0 Å². The first-order chi connectivity index (χ1) is 12.8. The summed E-state index contributed by atoms with van der Waals surface area (Å²) in [5.41, 5.74) is 0.596. The van der Waals surface area contributed by atoms with Crippen molar-refractivity contribution in [3.05, 3.63) is 72.0 Å². The fraction of sp³-hybridized carbons (Fsp3) is 0.0526. The molecule has 26 heavy (non-hydrogen) atoms. The van der Waals surface area contributed by atoms with E-state index in [1.165, 1.54) is 24.4 Å². The first-order valence-corrected chi connectivity index (χ1v) is 7.57. The van der Waals surface area contributed by atoms with Gasteiger partial charge in [-0.1, -0.05) is 0 Å². The minimum Gasteiger partial charge on any atom is -0.478 e. The Hall–Kier alpha value is -3.35. The molecule has 0 amide bonds. The topological polar surface area (TPSA) is 55.1 Å². The van der Waals surface area contributed by atoms with Gasteiger partial charge in [-0.25, -0.2) is 4.79 Å². The summed E-state index contributed by atoms with van der Waals surface area (Å²) in [6, 6.07) is 8.84. The van der Waals surface area contributed by atoms with Gasteiger partial charge < -0.3 is 9.67 Å². The molecule has 2 aromatic carbocycles. The average Bonchev–Trinajstić information content (AvgIpc) is 2.94. The van der Waals surface area contributed by atoms with Gasteiger partial charge in [-0.2, -0.15) is 13.2 Å². The van der Waals surface area contributed by atoms with Crippen molar-refractivity contribution in [1.82, 2.24) is 9.55 Å². The van der Waals surface area contributed by atoms with Crippen LogP contribution in [0.5, 0.6) is 0 Å². The van der Waals surface area contributed by atoms with Crippen LogP contribution in [0.1, 0.15) is 17.3 Å². The maximum absolute atomic E-state index is 12.9. The van der Waals surface area contributed by atoms with Crippen molar-refractivity contribution in [2.75, 3.05) is 0 Å². The van der Waals surface area contributed by atoms with Gasteiger partial charge in [0.25, 0.3) is 0 Å². The Morgan fingerprint density at radius 2 is 1.88 bits per heavy atom. The zero-order valence-electron chi connectivity index (χ0n) is 14.1. The molecule has 4 aromatic rings. The first-order valence-electron chi connectivity index (χ1n) is 8.07. The molecule has 4 nitrogen and oxygen atoms in total. The smallest absolute Gasteiger partial charge is 0.416 e. The van der Waals surface area contributed by atoms with E-state index < -0.39 is 17.7 Å². The number of hydrogen-bond acceptors (Lipinski definition) is 2. The number of nitrogens with zero attached hydrogens (tertiary/aromatic N) is 2. The molecule has 0 fully saturated rings. The van der Waals surface area contributed by atoms with Crippen LogP contribution in [-0.2, 0) is 6.18 Å². The molecule has 2 heterocycles. The van der Waals surface area contributed by atoms with Gasteiger partial charge in [-0.05, 0) is 48.5 Å². The van der Waals surface area contributed by atoms with Crippen molar-refractivity contribution < 1.29 is 24.4 Å². The summed E-state index contributed by atoms with van der Waals surface area (Å²) >= 11 is 0. The molecule has 0 saturated heterocycles. The largest absolute Gasteiger partial charge is 0.478 e. The third-order valence-electron chi connectivity index (χ3n) is 4.18. The molecule has 0 aliphatic rings. The van der Waals surface area contributed by atoms with Crippen LogP contribution in [0.15, 0.2) is 60.9 Å². The van der Waals surface area contributed by atoms with E-state index in [9.17, 15) is 23.1 Å². The number of rotatable bonds is 2. The lowest BCUT2D eigenvalue weighted by Crippen LogP contribution is -2.05. The van der Waals surface area contributed by atoms with Crippen molar-refractivity contribution in [1.29, 1.82) is 0 Å². The number of alkyl halides is 3. The van der Waals surface area contributed by atoms with Crippen LogP contribution in [0.3, 0.4) is 0 Å². The summed E-state index contributed by atoms with van der Waals surface area (Å²) in [6.45, 7) is 0. The van der Waals surface area contributed by atoms with Gasteiger partial charge in [0.15, 0.2) is 0 Å². The Morgan fingerprint density at radius 1 is 1.08 bits per heavy atom. The summed E-state index contributed by atoms with van der Waals surface area (Å²) in [5.74, 6) is -1.08. The lowest BCUT2D eigenvalue weighted by molar-refractivity contribution is -0.137. The molecule has 2 aromatic heterocycles. The maximum atomic E-state index is 12.9. The van der Waals surface area contributed by atoms with Crippen LogP contribution in [0.4, 0.5) is 13.2 Å². The molecule has 1 N–H and O–H groups in total. The maximum Gasteiger partial charge on any atom is 0.416 e. The van der Waals surface area contributed by atoms with Crippen molar-refractivity contribution in [2.24, 2.45) is 0 Å². The van der Waals surface area contributed by atoms with Crippen LogP contribution < -0.4 is 0 Å². The summed E-state index contributed by atoms with van der Waals surface area (Å²) in [4.78, 5) is 15.3. The van der Waals surface area contributed by atoms with Crippen LogP contribution in [0, 0.1) is 0 Å². The lowest BCUT2D eigenvalue weighted by atomic mass is 10.1. The number of carbonyl (C=O) groups is 1. The highest BCUT2D eigenvalue weighted by Crippen LogP contribution is 2.34. The molecule has 0 spiro atoms. The van der Waals surface area contributed by atoms with Crippen molar-refractivity contribution in [2.45, 2.75) is 6.18 Å². The van der Waals surface area contributed by atoms with E-state index >= 15 is 0 Å². The van der Waals surface area contributed by atoms with E-state index in [0.717, 1.165) is 12.1 Å². The number of aromatic carboxylic acids is 1. The van der Waals surface area contributed by atoms with Gasteiger partial charge in [0, 0.05) is 22.7 Å². The molecule has 7 heteroatoms. The van der Waals surface area contributed by atoms with Gasteiger partial charge >= 0.3 is 12.1 Å². The predicted molar refractivity (Wildman–Crippen MR) is 90.5 cm³/mol. The number of hydrogen-bond donors (Lipinski definition) is 1. The summed E-state index contributed by atoms with van der Waals surface area (Å²) in [6.07, 6.45) is -1.45. The summed E-state index contributed by atoms with van der Waals surface area (Å²) in [7, 11) is 0. The Morgan fingerprint density at radius 3 is 2.58 bits per heavy atom. The highest BCUT2D eigenvalue weighted by molar-refractivity contribution is 6.10. The number of carboxylic acids is 1. The summed E-state index contributed by atoms with van der Waals surface area (Å²) in [5, 5.41) is 10.5. The standard InChI is InChI=1S/C19H11F3N2O2/c20-19(21,22)12-2-4-13(5-3-12)24-16-6-1-11(18(25)26)9-15(16)14-7-8-23-10-17(14)24/h1-10H,(H,25,26)/i4D. The van der Waals surface area contributed by atoms with Gasteiger partial charge in [-0.15, -0.1) is 0 Å². The normalized spacial score (nSPS) is 12.5. The van der Waals surface area contributed by atoms with Crippen LogP contribution in [0.25, 0.3) is 27.5 Å². The van der Waals surface area contributed by atoms with E-state index in [4.69, 9.17) is 1.37 Å². The van der Waals surface area contributed by atoms with Crippen LogP contribution >= 0.6 is 0 Å². The fourth-order valence-corrected chi connectivity index (χ4v) is 2.99. The minimum atomic E-state index is -4.53. The van der Waals surface area contributed by atoms with Gasteiger partial charge in [-0.3, -0.25) is 4.98 Å². The number of benzene rings is 2. The molecule has 0 saturated carbocycles. The molecule has 0 unspecified atom stereocenters. The van der Waals surface area contributed by atoms with Crippen molar-refractivity contribution in [3.8, 4) is 5.69 Å². The highest BCUT2D eigenvalue weighted by Gasteiger charge is 2.30. The zero-order valence-corrected chi connectivity index (χ0v) is 13.1. The monoisotopic (exact) mass is 357 g/mol. The second-order valence-corrected chi connectivity index (χ2v) is 5.73. The molecule has 0 atom stereocenters. The number of halogens is 3. The van der Waals surface area contributed by atoms with E-state index in [0.29, 0.717) is 21.8 Å². The third-order valence-corrected chi connectivity index (χ3v) is 4.18. The van der Waals surface area contributed by atoms with Crippen molar-refractivity contribution >= 4 is 27.8 Å². The summed E-state index contributed by atoms with van der Waals surface area (Å²) < 4.78 is 48.4. The number of pyridine rings is 1. The predicted octanol–water partition coefficient (Wildman–Crippen LogP) is 4.90. The third kappa shape index (κ3) is 2.48. The second-order valence-electron chi connectivity index (χ2n) is 5.73. The number of carboxylic acid groups (broad SMARTS) is 1. The SMILES string of the molecule is [2H]c1cc(C(F)(F)F)ccc1-n1c2ccc(C(=O)O)cc2c2ccncc21. The zero-order chi connectivity index (χ0) is 19.3. The number of fused-ring (bicyclic) bond motifs is 3. The van der Waals surface area contributed by atoms with E-state index in [1.807, 2.05) is 0 Å². The molecule has 0 radical (unpaired) electrons.